The van der Waals surface area contributed by atoms with E-state index in [4.69, 9.17) is 4.74 Å². The van der Waals surface area contributed by atoms with Crippen molar-refractivity contribution >= 4 is 15.7 Å². The lowest BCUT2D eigenvalue weighted by Gasteiger charge is -2.42. The smallest absolute Gasteiger partial charge is 0.226 e. The van der Waals surface area contributed by atoms with Crippen molar-refractivity contribution < 1.29 is 17.9 Å². The van der Waals surface area contributed by atoms with Gasteiger partial charge in [-0.15, -0.1) is 0 Å². The molecule has 1 spiro atoms. The van der Waals surface area contributed by atoms with Gasteiger partial charge in [0.2, 0.25) is 5.91 Å². The van der Waals surface area contributed by atoms with E-state index in [0.717, 1.165) is 38.1 Å². The van der Waals surface area contributed by atoms with Crippen molar-refractivity contribution in [3.05, 3.63) is 29.8 Å². The van der Waals surface area contributed by atoms with Gasteiger partial charge in [-0.05, 0) is 24.1 Å². The van der Waals surface area contributed by atoms with Crippen molar-refractivity contribution in [2.45, 2.75) is 42.5 Å². The Bertz CT molecular complexity index is 761. The molecule has 1 aromatic rings. The van der Waals surface area contributed by atoms with Gasteiger partial charge in [0.05, 0.1) is 17.5 Å². The fraction of sp³-hybridized carbons (Fsp3) is 0.588. The number of nitrogens with zero attached hydrogens (tertiary/aromatic N) is 2. The Labute approximate surface area is 142 Å². The fourth-order valence-corrected chi connectivity index (χ4v) is 4.93. The van der Waals surface area contributed by atoms with Crippen LogP contribution in [0.15, 0.2) is 29.2 Å². The minimum absolute atomic E-state index is 0.0971. The van der Waals surface area contributed by atoms with Gasteiger partial charge in [0, 0.05) is 38.7 Å². The quantitative estimate of drug-likeness (QED) is 0.814. The molecule has 3 aliphatic rings. The van der Waals surface area contributed by atoms with Crippen molar-refractivity contribution in [3.63, 3.8) is 0 Å². The largest absolute Gasteiger partial charge is 0.354 e. The minimum Gasteiger partial charge on any atom is -0.354 e. The van der Waals surface area contributed by atoms with Crippen LogP contribution < -0.4 is 0 Å². The number of rotatable bonds is 3. The van der Waals surface area contributed by atoms with Gasteiger partial charge < -0.3 is 9.64 Å². The van der Waals surface area contributed by atoms with E-state index in [0.29, 0.717) is 17.9 Å². The highest BCUT2D eigenvalue weighted by molar-refractivity contribution is 7.90. The first-order chi connectivity index (χ1) is 11.4. The van der Waals surface area contributed by atoms with Gasteiger partial charge >= 0.3 is 0 Å². The number of hydrogen-bond donors (Lipinski definition) is 0. The molecule has 0 radical (unpaired) electrons. The first-order valence-electron chi connectivity index (χ1n) is 8.38. The molecule has 0 aliphatic carbocycles. The monoisotopic (exact) mass is 350 g/mol. The second-order valence-corrected chi connectivity index (χ2v) is 8.96. The molecule has 0 saturated carbocycles. The van der Waals surface area contributed by atoms with Crippen LogP contribution in [-0.2, 0) is 25.9 Å². The topological polar surface area (TPSA) is 66.9 Å². The maximum absolute atomic E-state index is 12.3. The predicted octanol–water partition coefficient (Wildman–Crippen LogP) is 1.01. The average Bonchev–Trinajstić information content (AvgIpc) is 3.01. The third kappa shape index (κ3) is 2.46. The van der Waals surface area contributed by atoms with Gasteiger partial charge in [-0.3, -0.25) is 9.69 Å². The summed E-state index contributed by atoms with van der Waals surface area (Å²) in [5.41, 5.74) is 0.628. The molecule has 24 heavy (non-hydrogen) atoms. The summed E-state index contributed by atoms with van der Waals surface area (Å²) in [5.74, 6) is 0.192. The van der Waals surface area contributed by atoms with Crippen LogP contribution in [0, 0.1) is 0 Å². The van der Waals surface area contributed by atoms with E-state index in [1.54, 1.807) is 12.1 Å². The molecule has 3 aliphatic heterocycles. The van der Waals surface area contributed by atoms with E-state index in [2.05, 4.69) is 4.90 Å². The second-order valence-electron chi connectivity index (χ2n) is 6.95. The van der Waals surface area contributed by atoms with Crippen LogP contribution in [0.25, 0.3) is 0 Å². The van der Waals surface area contributed by atoms with Crippen LogP contribution in [0.2, 0.25) is 0 Å². The summed E-state index contributed by atoms with van der Waals surface area (Å²) >= 11 is 0. The number of carbonyl (C=O) groups is 1. The Kier molecular flexibility index (Phi) is 3.71. The number of carbonyl (C=O) groups excluding carboxylic acids is 1. The zero-order valence-electron chi connectivity index (χ0n) is 13.8. The number of sulfone groups is 1. The summed E-state index contributed by atoms with van der Waals surface area (Å²) in [6.45, 7) is 3.12. The van der Waals surface area contributed by atoms with Crippen LogP contribution in [0.3, 0.4) is 0 Å². The van der Waals surface area contributed by atoms with Crippen LogP contribution in [0.4, 0.5) is 0 Å². The van der Waals surface area contributed by atoms with Crippen molar-refractivity contribution in [2.75, 3.05) is 26.0 Å². The predicted molar refractivity (Wildman–Crippen MR) is 88.0 cm³/mol. The second kappa shape index (κ2) is 5.54. The fourth-order valence-electron chi connectivity index (χ4n) is 4.30. The van der Waals surface area contributed by atoms with E-state index in [1.165, 1.54) is 6.26 Å². The molecule has 3 fully saturated rings. The molecule has 2 atom stereocenters. The number of benzene rings is 1. The summed E-state index contributed by atoms with van der Waals surface area (Å²) < 4.78 is 29.2. The summed E-state index contributed by atoms with van der Waals surface area (Å²) in [5, 5.41) is 0. The first kappa shape index (κ1) is 16.1. The first-order valence-corrected chi connectivity index (χ1v) is 10.3. The van der Waals surface area contributed by atoms with Gasteiger partial charge in [0.15, 0.2) is 15.6 Å². The molecule has 3 heterocycles. The molecule has 0 N–H and O–H groups in total. The third-order valence-corrected chi connectivity index (χ3v) is 6.59. The molecular weight excluding hydrogens is 328 g/mol. The number of ether oxygens (including phenoxy) is 1. The van der Waals surface area contributed by atoms with Crippen LogP contribution in [0.5, 0.6) is 0 Å². The molecule has 1 aromatic carbocycles. The van der Waals surface area contributed by atoms with Crippen molar-refractivity contribution in [1.29, 1.82) is 0 Å². The summed E-state index contributed by atoms with van der Waals surface area (Å²) in [4.78, 5) is 16.9. The molecule has 4 rings (SSSR count). The number of amides is 1. The number of hydrogen-bond acceptors (Lipinski definition) is 5. The molecule has 130 valence electrons. The molecule has 7 heteroatoms. The third-order valence-electron chi connectivity index (χ3n) is 5.46. The van der Waals surface area contributed by atoms with Crippen molar-refractivity contribution in [3.8, 4) is 0 Å². The van der Waals surface area contributed by atoms with E-state index in [-0.39, 0.29) is 11.9 Å². The van der Waals surface area contributed by atoms with Gasteiger partial charge in [-0.25, -0.2) is 8.42 Å². The van der Waals surface area contributed by atoms with Gasteiger partial charge in [-0.2, -0.15) is 0 Å². The normalized spacial score (nSPS) is 30.5. The van der Waals surface area contributed by atoms with Crippen LogP contribution in [0.1, 0.15) is 24.8 Å². The minimum atomic E-state index is -3.17. The van der Waals surface area contributed by atoms with Crippen molar-refractivity contribution in [1.82, 2.24) is 9.80 Å². The maximum Gasteiger partial charge on any atom is 0.226 e. The molecule has 3 saturated heterocycles. The molecule has 0 unspecified atom stereocenters. The molecule has 1 amide bonds. The van der Waals surface area contributed by atoms with Gasteiger partial charge in [-0.1, -0.05) is 12.1 Å². The van der Waals surface area contributed by atoms with Gasteiger partial charge in [0.25, 0.3) is 0 Å². The zero-order chi connectivity index (χ0) is 16.9. The Morgan fingerprint density at radius 1 is 1.25 bits per heavy atom. The van der Waals surface area contributed by atoms with E-state index >= 15 is 0 Å². The van der Waals surface area contributed by atoms with E-state index in [1.807, 2.05) is 17.0 Å². The average molecular weight is 350 g/mol. The van der Waals surface area contributed by atoms with E-state index < -0.39 is 15.6 Å². The molecule has 6 nitrogen and oxygen atoms in total. The van der Waals surface area contributed by atoms with Crippen molar-refractivity contribution in [2.24, 2.45) is 0 Å². The molecule has 0 aromatic heterocycles. The lowest BCUT2D eigenvalue weighted by molar-refractivity contribution is -0.180. The summed E-state index contributed by atoms with van der Waals surface area (Å²) in [7, 11) is -3.17. The Hall–Kier alpha value is -1.44. The lowest BCUT2D eigenvalue weighted by Crippen LogP contribution is -2.56. The van der Waals surface area contributed by atoms with E-state index in [9.17, 15) is 13.2 Å². The molecular formula is C17H22N2O4S. The maximum atomic E-state index is 12.3. The highest BCUT2D eigenvalue weighted by atomic mass is 32.2. The van der Waals surface area contributed by atoms with Crippen LogP contribution >= 0.6 is 0 Å². The molecule has 0 bridgehead atoms. The SMILES string of the molecule is CS(=O)(=O)c1ccc(CN2CC[C@@]34OCCCN3C(=O)C[C@@H]24)cc1. The Morgan fingerprint density at radius 2 is 2.00 bits per heavy atom. The highest BCUT2D eigenvalue weighted by Gasteiger charge is 2.60. The zero-order valence-corrected chi connectivity index (χ0v) is 14.6. The lowest BCUT2D eigenvalue weighted by atomic mass is 10.0. The Balaban J connectivity index is 1.53. The Morgan fingerprint density at radius 3 is 2.71 bits per heavy atom. The highest BCUT2D eigenvalue weighted by Crippen LogP contribution is 2.45. The summed E-state index contributed by atoms with van der Waals surface area (Å²) in [6, 6.07) is 7.12. The van der Waals surface area contributed by atoms with Gasteiger partial charge in [0.1, 0.15) is 0 Å². The summed E-state index contributed by atoms with van der Waals surface area (Å²) in [6.07, 6.45) is 3.49. The number of likely N-dealkylation sites (tertiary alicyclic amines) is 1. The standard InChI is InChI=1S/C17H22N2O4S/c1-24(21,22)14-5-3-13(4-6-14)12-18-9-7-17-15(18)11-16(20)19(17)8-2-10-23-17/h3-6,15H,2,7-12H2,1H3/t15-,17+/m1/s1. The van der Waals surface area contributed by atoms with Crippen LogP contribution in [-0.4, -0.2) is 61.8 Å².